The summed E-state index contributed by atoms with van der Waals surface area (Å²) in [6, 6.07) is 0. The van der Waals surface area contributed by atoms with Crippen molar-refractivity contribution >= 4 is 17.6 Å². The minimum atomic E-state index is -0.816. The number of aromatic nitrogens is 4. The molecule has 11 nitrogen and oxygen atoms in total. The lowest BCUT2D eigenvalue weighted by Crippen LogP contribution is -2.36. The molecule has 25 heavy (non-hydrogen) atoms. The van der Waals surface area contributed by atoms with E-state index < -0.39 is 28.8 Å². The van der Waals surface area contributed by atoms with E-state index in [9.17, 15) is 19.5 Å². The van der Waals surface area contributed by atoms with Gasteiger partial charge in [0.05, 0.1) is 17.9 Å². The third-order valence-electron chi connectivity index (χ3n) is 3.31. The molecule has 0 amide bonds. The Morgan fingerprint density at radius 1 is 1.28 bits per heavy atom. The van der Waals surface area contributed by atoms with Gasteiger partial charge in [-0.05, 0) is 13.8 Å². The van der Waals surface area contributed by atoms with Gasteiger partial charge in [-0.2, -0.15) is 0 Å². The summed E-state index contributed by atoms with van der Waals surface area (Å²) >= 11 is 0. The molecular formula is C14H16N6O5. The highest BCUT2D eigenvalue weighted by Crippen LogP contribution is 2.21. The van der Waals surface area contributed by atoms with Crippen molar-refractivity contribution in [3.8, 4) is 5.88 Å². The van der Waals surface area contributed by atoms with Gasteiger partial charge in [0, 0.05) is 20.3 Å². The molecule has 0 atom stereocenters. The number of esters is 1. The smallest absolute Gasteiger partial charge is 0.341 e. The van der Waals surface area contributed by atoms with Crippen LogP contribution in [0, 0.1) is 6.92 Å². The molecule has 1 N–H and O–H groups in total. The normalized spacial score (nSPS) is 11.0. The molecule has 0 aromatic carbocycles. The van der Waals surface area contributed by atoms with Crippen LogP contribution >= 0.6 is 0 Å². The molecule has 0 radical (unpaired) electrons. The molecule has 132 valence electrons. The van der Waals surface area contributed by atoms with Crippen molar-refractivity contribution in [2.45, 2.75) is 13.8 Å². The van der Waals surface area contributed by atoms with E-state index in [1.54, 1.807) is 13.8 Å². The predicted octanol–water partition coefficient (Wildman–Crippen LogP) is 0.480. The molecule has 2 rings (SSSR count). The Balaban J connectivity index is 2.42. The van der Waals surface area contributed by atoms with Gasteiger partial charge in [-0.1, -0.05) is 0 Å². The standard InChI is InChI=1S/C14H16N6O5/c1-5-25-12(23)8-6-15-13(16-7(8)2)18-17-9-10(21)19(3)14(24)20(4)11(9)22/h6,21H,5H2,1-4H3. The summed E-state index contributed by atoms with van der Waals surface area (Å²) in [5.41, 5.74) is -1.45. The quantitative estimate of drug-likeness (QED) is 0.625. The van der Waals surface area contributed by atoms with Crippen LogP contribution in [-0.2, 0) is 18.8 Å². The zero-order chi connectivity index (χ0) is 18.7. The maximum absolute atomic E-state index is 12.0. The van der Waals surface area contributed by atoms with Gasteiger partial charge in [0.25, 0.3) is 11.5 Å². The summed E-state index contributed by atoms with van der Waals surface area (Å²) in [5, 5.41) is 17.2. The molecule has 0 unspecified atom stereocenters. The number of hydrogen-bond acceptors (Lipinski definition) is 9. The van der Waals surface area contributed by atoms with E-state index in [-0.39, 0.29) is 18.1 Å². The zero-order valence-electron chi connectivity index (χ0n) is 14.0. The number of carbonyl (C=O) groups excluding carboxylic acids is 1. The molecular weight excluding hydrogens is 332 g/mol. The fourth-order valence-electron chi connectivity index (χ4n) is 1.91. The van der Waals surface area contributed by atoms with Crippen LogP contribution in [0.15, 0.2) is 26.0 Å². The predicted molar refractivity (Wildman–Crippen MR) is 85.5 cm³/mol. The molecule has 0 fully saturated rings. The van der Waals surface area contributed by atoms with Crippen molar-refractivity contribution in [1.82, 2.24) is 19.1 Å². The summed E-state index contributed by atoms with van der Waals surface area (Å²) in [6.07, 6.45) is 1.23. The van der Waals surface area contributed by atoms with Crippen LogP contribution in [0.4, 0.5) is 11.6 Å². The summed E-state index contributed by atoms with van der Waals surface area (Å²) in [6.45, 7) is 3.46. The third kappa shape index (κ3) is 3.44. The molecule has 0 aliphatic rings. The van der Waals surface area contributed by atoms with Crippen molar-refractivity contribution in [2.75, 3.05) is 6.61 Å². The molecule has 2 aromatic rings. The van der Waals surface area contributed by atoms with E-state index in [0.29, 0.717) is 5.69 Å². The first kappa shape index (κ1) is 18.0. The molecule has 0 saturated carbocycles. The first-order valence-electron chi connectivity index (χ1n) is 7.19. The average molecular weight is 348 g/mol. The Bertz CT molecular complexity index is 975. The van der Waals surface area contributed by atoms with Crippen molar-refractivity contribution in [3.63, 3.8) is 0 Å². The molecule has 2 aromatic heterocycles. The minimum absolute atomic E-state index is 0.124. The van der Waals surface area contributed by atoms with Crippen LogP contribution in [0.2, 0.25) is 0 Å². The van der Waals surface area contributed by atoms with Gasteiger partial charge in [-0.15, -0.1) is 10.2 Å². The van der Waals surface area contributed by atoms with Crippen LogP contribution in [0.3, 0.4) is 0 Å². The molecule has 2 heterocycles. The van der Waals surface area contributed by atoms with Crippen molar-refractivity contribution in [2.24, 2.45) is 24.3 Å². The van der Waals surface area contributed by atoms with E-state index in [0.717, 1.165) is 9.13 Å². The molecule has 0 spiro atoms. The largest absolute Gasteiger partial charge is 0.493 e. The number of aryl methyl sites for hydroxylation is 1. The maximum atomic E-state index is 12.0. The first-order valence-corrected chi connectivity index (χ1v) is 7.19. The summed E-state index contributed by atoms with van der Waals surface area (Å²) in [7, 11) is 2.53. The highest BCUT2D eigenvalue weighted by molar-refractivity contribution is 5.90. The van der Waals surface area contributed by atoms with E-state index in [4.69, 9.17) is 4.74 Å². The second-order valence-electron chi connectivity index (χ2n) is 4.97. The average Bonchev–Trinajstić information content (AvgIpc) is 2.58. The number of rotatable bonds is 4. The van der Waals surface area contributed by atoms with Crippen molar-refractivity contribution in [3.05, 3.63) is 38.3 Å². The fourth-order valence-corrected chi connectivity index (χ4v) is 1.91. The number of hydrogen-bond donors (Lipinski definition) is 1. The summed E-state index contributed by atoms with van der Waals surface area (Å²) in [4.78, 5) is 43.2. The number of ether oxygens (including phenoxy) is 1. The molecule has 0 aliphatic carbocycles. The SMILES string of the molecule is CCOC(=O)c1cnc(N=Nc2c(O)n(C)c(=O)n(C)c2=O)nc1C. The van der Waals surface area contributed by atoms with Crippen LogP contribution in [-0.4, -0.2) is 36.8 Å². The number of carbonyl (C=O) groups is 1. The van der Waals surface area contributed by atoms with Gasteiger partial charge in [-0.3, -0.25) is 13.9 Å². The monoisotopic (exact) mass is 348 g/mol. The highest BCUT2D eigenvalue weighted by Gasteiger charge is 2.15. The second kappa shape index (κ2) is 7.03. The Kier molecular flexibility index (Phi) is 5.05. The lowest BCUT2D eigenvalue weighted by Gasteiger charge is -2.06. The molecule has 11 heteroatoms. The summed E-state index contributed by atoms with van der Waals surface area (Å²) < 4.78 is 6.50. The van der Waals surface area contributed by atoms with E-state index in [1.165, 1.54) is 20.3 Å². The van der Waals surface area contributed by atoms with Gasteiger partial charge in [-0.25, -0.2) is 19.6 Å². The molecule has 0 saturated heterocycles. The van der Waals surface area contributed by atoms with E-state index in [1.807, 2.05) is 0 Å². The molecule has 0 aliphatic heterocycles. The van der Waals surface area contributed by atoms with Crippen LogP contribution in [0.1, 0.15) is 23.0 Å². The van der Waals surface area contributed by atoms with E-state index >= 15 is 0 Å². The number of nitrogens with zero attached hydrogens (tertiary/aromatic N) is 6. The lowest BCUT2D eigenvalue weighted by molar-refractivity contribution is 0.0524. The summed E-state index contributed by atoms with van der Waals surface area (Å²) in [5.74, 6) is -1.31. The van der Waals surface area contributed by atoms with Crippen LogP contribution in [0.5, 0.6) is 5.88 Å². The van der Waals surface area contributed by atoms with Crippen molar-refractivity contribution in [1.29, 1.82) is 0 Å². The van der Waals surface area contributed by atoms with Crippen LogP contribution < -0.4 is 11.2 Å². The number of azo groups is 1. The Morgan fingerprint density at radius 3 is 2.56 bits per heavy atom. The minimum Gasteiger partial charge on any atom is -0.493 e. The van der Waals surface area contributed by atoms with Gasteiger partial charge >= 0.3 is 11.7 Å². The first-order chi connectivity index (χ1) is 11.8. The van der Waals surface area contributed by atoms with Crippen molar-refractivity contribution < 1.29 is 14.6 Å². The fraction of sp³-hybridized carbons (Fsp3) is 0.357. The van der Waals surface area contributed by atoms with Gasteiger partial charge in [0.1, 0.15) is 0 Å². The lowest BCUT2D eigenvalue weighted by atomic mass is 10.2. The molecule has 0 bridgehead atoms. The topological polar surface area (TPSA) is 141 Å². The third-order valence-corrected chi connectivity index (χ3v) is 3.31. The highest BCUT2D eigenvalue weighted by atomic mass is 16.5. The Hall–Kier alpha value is -3.37. The number of aromatic hydroxyl groups is 1. The van der Waals surface area contributed by atoms with Crippen LogP contribution in [0.25, 0.3) is 0 Å². The maximum Gasteiger partial charge on any atom is 0.341 e. The van der Waals surface area contributed by atoms with E-state index in [2.05, 4.69) is 20.2 Å². The Morgan fingerprint density at radius 2 is 1.96 bits per heavy atom. The Labute approximate surface area is 141 Å². The van der Waals surface area contributed by atoms with Gasteiger partial charge in [0.15, 0.2) is 0 Å². The van der Waals surface area contributed by atoms with Gasteiger partial charge < -0.3 is 9.84 Å². The zero-order valence-corrected chi connectivity index (χ0v) is 14.0. The second-order valence-corrected chi connectivity index (χ2v) is 4.97. The van der Waals surface area contributed by atoms with Gasteiger partial charge in [0.2, 0.25) is 11.6 Å².